The number of halogens is 12. The third-order valence-corrected chi connectivity index (χ3v) is 13.6. The SMILES string of the molecule is Cc1ccc(C(=O)C[S+](=O)(c2ccccc2)c2ccccc2)cc1.FC(F)(F)c1ccc([B-](c2ccc(C(F)(F)F)cc2)(c2ccc(C(F)(F)F)cc2)c2ccc(C(F)(F)F)cc2)cc1. The minimum Gasteiger partial charge on any atom is -0.289 e. The summed E-state index contributed by atoms with van der Waals surface area (Å²) in [4.78, 5) is 14.1. The van der Waals surface area contributed by atoms with Crippen molar-refractivity contribution in [2.24, 2.45) is 0 Å². The van der Waals surface area contributed by atoms with Gasteiger partial charge in [-0.05, 0) is 31.2 Å². The van der Waals surface area contributed by atoms with Gasteiger partial charge in [0.25, 0.3) is 0 Å². The first kappa shape index (κ1) is 48.1. The molecule has 0 saturated carbocycles. The summed E-state index contributed by atoms with van der Waals surface area (Å²) in [7, 11) is -2.65. The third-order valence-electron chi connectivity index (χ3n) is 10.9. The van der Waals surface area contributed by atoms with Crippen LogP contribution >= 0.6 is 0 Å². The molecule has 16 heteroatoms. The molecule has 0 N–H and O–H groups in total. The Labute approximate surface area is 366 Å². The van der Waals surface area contributed by atoms with Crippen molar-refractivity contribution in [3.63, 3.8) is 0 Å². The summed E-state index contributed by atoms with van der Waals surface area (Å²) in [6, 6.07) is 39.5. The average Bonchev–Trinajstić information content (AvgIpc) is 3.27. The Morgan fingerprint density at radius 1 is 0.400 bits per heavy atom. The number of rotatable bonds is 9. The van der Waals surface area contributed by atoms with E-state index >= 15 is 0 Å². The molecular weight excluding hydrogens is 891 g/mol. The van der Waals surface area contributed by atoms with Crippen LogP contribution in [-0.4, -0.2) is 17.7 Å². The second-order valence-corrected chi connectivity index (χ2v) is 17.7. The number of benzene rings is 7. The van der Waals surface area contributed by atoms with Gasteiger partial charge in [0.15, 0.2) is 25.5 Å². The smallest absolute Gasteiger partial charge is 0.289 e. The highest BCUT2D eigenvalue weighted by Crippen LogP contribution is 2.33. The molecule has 0 saturated heterocycles. The van der Waals surface area contributed by atoms with Crippen molar-refractivity contribution in [2.75, 3.05) is 5.75 Å². The third kappa shape index (κ3) is 10.8. The Morgan fingerprint density at radius 3 is 0.908 bits per heavy atom. The molecule has 7 rings (SSSR count). The van der Waals surface area contributed by atoms with E-state index in [1.165, 1.54) is 0 Å². The molecule has 0 amide bonds. The van der Waals surface area contributed by atoms with Crippen molar-refractivity contribution in [3.05, 3.63) is 215 Å². The Bertz CT molecular complexity index is 2450. The maximum atomic E-state index is 13.8. The van der Waals surface area contributed by atoms with Crippen molar-refractivity contribution in [1.29, 1.82) is 0 Å². The fourth-order valence-corrected chi connectivity index (χ4v) is 9.92. The van der Waals surface area contributed by atoms with Crippen molar-refractivity contribution in [1.82, 2.24) is 0 Å². The first-order valence-corrected chi connectivity index (χ1v) is 21.2. The van der Waals surface area contributed by atoms with Crippen LogP contribution in [0.5, 0.6) is 0 Å². The molecule has 0 aliphatic rings. The highest BCUT2D eigenvalue weighted by atomic mass is 32.2. The van der Waals surface area contributed by atoms with Gasteiger partial charge in [-0.25, -0.2) is 0 Å². The van der Waals surface area contributed by atoms with Crippen molar-refractivity contribution in [2.45, 2.75) is 41.4 Å². The molecule has 0 unspecified atom stereocenters. The zero-order chi connectivity index (χ0) is 47.4. The second kappa shape index (κ2) is 18.6. The molecular formula is C49H35BF12O2S. The van der Waals surface area contributed by atoms with E-state index < -0.39 is 63.0 Å². The first-order valence-electron chi connectivity index (χ1n) is 19.5. The van der Waals surface area contributed by atoms with Gasteiger partial charge < -0.3 is 0 Å². The van der Waals surface area contributed by atoms with Gasteiger partial charge >= 0.3 is 24.7 Å². The predicted octanol–water partition coefficient (Wildman–Crippen LogP) is 11.9. The first-order chi connectivity index (χ1) is 30.4. The minimum atomic E-state index is -4.77. The normalized spacial score (nSPS) is 12.6. The molecule has 0 atom stereocenters. The van der Waals surface area contributed by atoms with Gasteiger partial charge in [-0.3, -0.25) is 4.79 Å². The molecule has 0 radical (unpaired) electrons. The number of carbonyl (C=O) groups excluding carboxylic acids is 1. The molecule has 336 valence electrons. The summed E-state index contributed by atoms with van der Waals surface area (Å²) in [5.74, 6) is -0.128. The van der Waals surface area contributed by atoms with Gasteiger partial charge in [-0.15, -0.1) is 0 Å². The van der Waals surface area contributed by atoms with E-state index in [0.29, 0.717) is 63.9 Å². The van der Waals surface area contributed by atoms with E-state index in [-0.39, 0.29) is 33.4 Å². The number of Topliss-reactive ketones (excluding diaryl/α,β-unsaturated/α-hetero) is 1. The Kier molecular flexibility index (Phi) is 13.7. The van der Waals surface area contributed by atoms with Crippen LogP contribution in [0.15, 0.2) is 192 Å². The standard InChI is InChI=1S/C28H16BF12.C21H19O2S/c30-25(31,32)17-1-9-21(10-2-17)29(22-11-3-18(4-12-22)26(33,34)35,23-13-5-19(6-14-23)27(36,37)38)24-15-7-20(8-16-24)28(39,40)41;1-17-12-14-18(15-13-17)21(22)16-24(23,19-8-4-2-5-9-19)20-10-6-3-7-11-20/h1-16H;2-15H,16H2,1H3/q-1;+1. The zero-order valence-electron chi connectivity index (χ0n) is 33.9. The molecule has 0 bridgehead atoms. The van der Waals surface area contributed by atoms with Gasteiger partial charge in [0.05, 0.1) is 22.3 Å². The van der Waals surface area contributed by atoms with Crippen LogP contribution in [0.2, 0.25) is 0 Å². The van der Waals surface area contributed by atoms with Gasteiger partial charge in [0.2, 0.25) is 5.78 Å². The van der Waals surface area contributed by atoms with Crippen LogP contribution in [0.1, 0.15) is 38.2 Å². The Morgan fingerprint density at radius 2 is 0.662 bits per heavy atom. The van der Waals surface area contributed by atoms with Crippen molar-refractivity contribution in [3.8, 4) is 0 Å². The fourth-order valence-electron chi connectivity index (χ4n) is 7.59. The van der Waals surface area contributed by atoms with Crippen LogP contribution in [0, 0.1) is 6.92 Å². The molecule has 0 aliphatic carbocycles. The lowest BCUT2D eigenvalue weighted by Gasteiger charge is -2.44. The average molecular weight is 927 g/mol. The highest BCUT2D eigenvalue weighted by molar-refractivity contribution is 8.03. The van der Waals surface area contributed by atoms with Crippen molar-refractivity contribution >= 4 is 43.7 Å². The van der Waals surface area contributed by atoms with E-state index in [1.54, 1.807) is 12.1 Å². The largest absolute Gasteiger partial charge is 0.416 e. The quantitative estimate of drug-likeness (QED) is 0.0626. The molecule has 65 heavy (non-hydrogen) atoms. The zero-order valence-corrected chi connectivity index (χ0v) is 34.7. The summed E-state index contributed by atoms with van der Waals surface area (Å²) in [6.07, 6.45) is -22.0. The molecule has 0 fully saturated rings. The maximum absolute atomic E-state index is 13.8. The van der Waals surface area contributed by atoms with E-state index in [4.69, 9.17) is 0 Å². The topological polar surface area (TPSA) is 34.1 Å². The highest BCUT2D eigenvalue weighted by Gasteiger charge is 2.39. The summed E-state index contributed by atoms with van der Waals surface area (Å²) < 4.78 is 174. The monoisotopic (exact) mass is 926 g/mol. The predicted molar refractivity (Wildman–Crippen MR) is 228 cm³/mol. The molecule has 2 nitrogen and oxygen atoms in total. The number of hydrogen-bond donors (Lipinski definition) is 0. The van der Waals surface area contributed by atoms with Crippen LogP contribution in [-0.2, 0) is 38.8 Å². The lowest BCUT2D eigenvalue weighted by molar-refractivity contribution is -0.138. The van der Waals surface area contributed by atoms with Crippen molar-refractivity contribution < 1.29 is 61.7 Å². The fraction of sp³-hybridized carbons (Fsp3) is 0.122. The van der Waals surface area contributed by atoms with E-state index in [2.05, 4.69) is 0 Å². The number of alkyl halides is 12. The van der Waals surface area contributed by atoms with Crippen LogP contribution in [0.4, 0.5) is 52.7 Å². The molecule has 0 aromatic heterocycles. The maximum Gasteiger partial charge on any atom is 0.416 e. The summed E-state index contributed by atoms with van der Waals surface area (Å²) in [5.41, 5.74) is -2.60. The Balaban J connectivity index is 0.000000247. The number of hydrogen-bond acceptors (Lipinski definition) is 2. The van der Waals surface area contributed by atoms with Crippen LogP contribution < -0.4 is 21.9 Å². The minimum absolute atomic E-state index is 0.0114. The van der Waals surface area contributed by atoms with E-state index in [1.807, 2.05) is 79.7 Å². The van der Waals surface area contributed by atoms with E-state index in [0.717, 1.165) is 54.1 Å². The molecule has 7 aromatic rings. The molecule has 0 spiro atoms. The summed E-state index contributed by atoms with van der Waals surface area (Å²) in [5, 5.41) is 0. The van der Waals surface area contributed by atoms with Gasteiger partial charge in [-0.2, -0.15) is 74.5 Å². The number of ketones is 1. The summed E-state index contributed by atoms with van der Waals surface area (Å²) in [6.45, 7) is 1.98. The van der Waals surface area contributed by atoms with Crippen LogP contribution in [0.25, 0.3) is 0 Å². The molecule has 7 aromatic carbocycles. The van der Waals surface area contributed by atoms with Gasteiger partial charge in [0.1, 0.15) is 6.15 Å². The van der Waals surface area contributed by atoms with Gasteiger partial charge in [0, 0.05) is 5.56 Å². The number of aryl methyl sites for hydroxylation is 1. The lowest BCUT2D eigenvalue weighted by atomic mass is 9.13. The Hall–Kier alpha value is -6.42. The van der Waals surface area contributed by atoms with Crippen LogP contribution in [0.3, 0.4) is 0 Å². The second-order valence-electron chi connectivity index (χ2n) is 15.1. The summed E-state index contributed by atoms with van der Waals surface area (Å²) >= 11 is 0. The molecule has 0 aliphatic heterocycles. The number of carbonyl (C=O) groups is 1. The van der Waals surface area contributed by atoms with Gasteiger partial charge in [-0.1, -0.05) is 167 Å². The lowest BCUT2D eigenvalue weighted by Crippen LogP contribution is -2.74. The molecule has 0 heterocycles. The van der Waals surface area contributed by atoms with E-state index in [9.17, 15) is 61.7 Å².